The first kappa shape index (κ1) is 16.8. The second kappa shape index (κ2) is 7.12. The Morgan fingerprint density at radius 1 is 1.29 bits per heavy atom. The molecule has 1 aromatic carbocycles. The summed E-state index contributed by atoms with van der Waals surface area (Å²) in [4.78, 5) is 7.16. The highest BCUT2D eigenvalue weighted by Gasteiger charge is 2.20. The van der Waals surface area contributed by atoms with Crippen LogP contribution in [0.2, 0.25) is 0 Å². The summed E-state index contributed by atoms with van der Waals surface area (Å²) in [5.41, 5.74) is 2.15. The van der Waals surface area contributed by atoms with E-state index in [1.807, 2.05) is 6.92 Å². The fourth-order valence-electron chi connectivity index (χ4n) is 2.77. The molecule has 1 heterocycles. The number of likely N-dealkylation sites (N-methyl/N-ethyl adjacent to an activating group) is 1. The van der Waals surface area contributed by atoms with Crippen LogP contribution in [0.3, 0.4) is 0 Å². The molecule has 2 aromatic rings. The quantitative estimate of drug-likeness (QED) is 0.665. The van der Waals surface area contributed by atoms with Gasteiger partial charge >= 0.3 is 0 Å². The maximum atomic E-state index is 6.36. The van der Waals surface area contributed by atoms with E-state index in [1.54, 1.807) is 0 Å². The highest BCUT2D eigenvalue weighted by Crippen LogP contribution is 2.29. The lowest BCUT2D eigenvalue weighted by molar-refractivity contribution is 0.261. The van der Waals surface area contributed by atoms with Crippen molar-refractivity contribution >= 4 is 38.6 Å². The number of alkyl halides is 1. The molecule has 0 saturated carbocycles. The summed E-state index contributed by atoms with van der Waals surface area (Å²) in [7, 11) is 0. The van der Waals surface area contributed by atoms with Crippen molar-refractivity contribution in [3.05, 3.63) is 28.5 Å². The molecule has 0 radical (unpaired) electrons. The zero-order valence-electron chi connectivity index (χ0n) is 13.1. The van der Waals surface area contributed by atoms with Gasteiger partial charge in [0.15, 0.2) is 0 Å². The molecule has 116 valence electrons. The minimum absolute atomic E-state index is 0.102. The van der Waals surface area contributed by atoms with Crippen LogP contribution in [0, 0.1) is 0 Å². The molecular formula is C16H23BrClN3. The number of fused-ring (bicyclic) bond motifs is 1. The molecule has 21 heavy (non-hydrogen) atoms. The first-order valence-corrected chi connectivity index (χ1v) is 8.74. The maximum Gasteiger partial charge on any atom is 0.128 e. The summed E-state index contributed by atoms with van der Waals surface area (Å²) in [5, 5.41) is -0.102. The van der Waals surface area contributed by atoms with Gasteiger partial charge in [-0.05, 0) is 45.1 Å². The normalized spacial score (nSPS) is 14.8. The molecular weight excluding hydrogens is 350 g/mol. The predicted molar refractivity (Wildman–Crippen MR) is 94.2 cm³/mol. The van der Waals surface area contributed by atoms with E-state index in [4.69, 9.17) is 16.6 Å². The monoisotopic (exact) mass is 371 g/mol. The van der Waals surface area contributed by atoms with E-state index in [9.17, 15) is 0 Å². The first-order valence-electron chi connectivity index (χ1n) is 7.51. The van der Waals surface area contributed by atoms with Crippen molar-refractivity contribution in [3.8, 4) is 0 Å². The zero-order valence-corrected chi connectivity index (χ0v) is 15.4. The van der Waals surface area contributed by atoms with Gasteiger partial charge < -0.3 is 9.47 Å². The predicted octanol–water partition coefficient (Wildman–Crippen LogP) is 5.00. The van der Waals surface area contributed by atoms with Gasteiger partial charge in [-0.1, -0.05) is 29.8 Å². The number of benzene rings is 1. The van der Waals surface area contributed by atoms with E-state index in [-0.39, 0.29) is 5.38 Å². The molecule has 2 rings (SSSR count). The molecule has 0 saturated heterocycles. The smallest absolute Gasteiger partial charge is 0.128 e. The van der Waals surface area contributed by atoms with Crippen molar-refractivity contribution in [3.63, 3.8) is 0 Å². The fraction of sp³-hybridized carbons (Fsp3) is 0.562. The molecule has 0 fully saturated rings. The standard InChI is InChI=1S/C16H23BrClN3/c1-5-20(6-2)10-11(3)21-15-8-7-13(17)9-14(15)19-16(21)12(4)18/h7-9,11-12H,5-6,10H2,1-4H3. The third-order valence-electron chi connectivity index (χ3n) is 3.89. The Balaban J connectivity index is 2.47. The van der Waals surface area contributed by atoms with Crippen LogP contribution >= 0.6 is 27.5 Å². The lowest BCUT2D eigenvalue weighted by Gasteiger charge is -2.25. The van der Waals surface area contributed by atoms with Crippen LogP contribution in [0.25, 0.3) is 11.0 Å². The molecule has 0 spiro atoms. The average Bonchev–Trinajstić information content (AvgIpc) is 2.83. The van der Waals surface area contributed by atoms with E-state index in [0.717, 1.165) is 41.0 Å². The average molecular weight is 373 g/mol. The summed E-state index contributed by atoms with van der Waals surface area (Å²) in [6, 6.07) is 6.58. The molecule has 0 aliphatic rings. The van der Waals surface area contributed by atoms with E-state index >= 15 is 0 Å². The van der Waals surface area contributed by atoms with Crippen LogP contribution in [0.5, 0.6) is 0 Å². The Bertz CT molecular complexity index is 605. The second-order valence-electron chi connectivity index (χ2n) is 5.42. The van der Waals surface area contributed by atoms with Crippen LogP contribution in [0.1, 0.15) is 44.9 Å². The van der Waals surface area contributed by atoms with Gasteiger partial charge in [0.05, 0.1) is 16.4 Å². The highest BCUT2D eigenvalue weighted by molar-refractivity contribution is 9.10. The van der Waals surface area contributed by atoms with E-state index < -0.39 is 0 Å². The number of nitrogens with zero attached hydrogens (tertiary/aromatic N) is 3. The molecule has 1 aromatic heterocycles. The Morgan fingerprint density at radius 2 is 1.95 bits per heavy atom. The topological polar surface area (TPSA) is 21.1 Å². The Kier molecular flexibility index (Phi) is 5.69. The number of imidazole rings is 1. The summed E-state index contributed by atoms with van der Waals surface area (Å²) in [6.07, 6.45) is 0. The lowest BCUT2D eigenvalue weighted by Crippen LogP contribution is -2.30. The van der Waals surface area contributed by atoms with E-state index in [0.29, 0.717) is 6.04 Å². The SMILES string of the molecule is CCN(CC)CC(C)n1c(C(C)Cl)nc2cc(Br)ccc21. The number of halogens is 2. The Morgan fingerprint density at radius 3 is 2.52 bits per heavy atom. The van der Waals surface area contributed by atoms with Crippen molar-refractivity contribution in [1.82, 2.24) is 14.5 Å². The van der Waals surface area contributed by atoms with E-state index in [1.165, 1.54) is 0 Å². The molecule has 2 unspecified atom stereocenters. The van der Waals surface area contributed by atoms with Crippen LogP contribution in [0.15, 0.2) is 22.7 Å². The summed E-state index contributed by atoms with van der Waals surface area (Å²) < 4.78 is 3.34. The molecule has 0 bridgehead atoms. The Labute approximate surface area is 140 Å². The zero-order chi connectivity index (χ0) is 15.6. The van der Waals surface area contributed by atoms with Gasteiger partial charge in [-0.25, -0.2) is 4.98 Å². The number of hydrogen-bond acceptors (Lipinski definition) is 2. The molecule has 0 aliphatic carbocycles. The van der Waals surface area contributed by atoms with Gasteiger partial charge in [-0.3, -0.25) is 0 Å². The van der Waals surface area contributed by atoms with Gasteiger partial charge in [-0.15, -0.1) is 11.6 Å². The summed E-state index contributed by atoms with van der Waals surface area (Å²) in [6.45, 7) is 11.7. The van der Waals surface area contributed by atoms with Gasteiger partial charge in [0, 0.05) is 17.1 Å². The van der Waals surface area contributed by atoms with E-state index in [2.05, 4.69) is 64.4 Å². The molecule has 5 heteroatoms. The van der Waals surface area contributed by atoms with Crippen LogP contribution < -0.4 is 0 Å². The third-order valence-corrected chi connectivity index (χ3v) is 4.58. The maximum absolute atomic E-state index is 6.36. The summed E-state index contributed by atoms with van der Waals surface area (Å²) in [5.74, 6) is 0.949. The highest BCUT2D eigenvalue weighted by atomic mass is 79.9. The van der Waals surface area contributed by atoms with Crippen molar-refractivity contribution in [2.75, 3.05) is 19.6 Å². The number of aromatic nitrogens is 2. The van der Waals surface area contributed by atoms with Crippen LogP contribution in [-0.4, -0.2) is 34.1 Å². The molecule has 2 atom stereocenters. The summed E-state index contributed by atoms with van der Waals surface area (Å²) >= 11 is 9.87. The minimum Gasteiger partial charge on any atom is -0.323 e. The molecule has 0 aliphatic heterocycles. The van der Waals surface area contributed by atoms with Crippen molar-refractivity contribution in [2.45, 2.75) is 39.1 Å². The lowest BCUT2D eigenvalue weighted by atomic mass is 10.2. The first-order chi connectivity index (χ1) is 9.97. The minimum atomic E-state index is -0.102. The van der Waals surface area contributed by atoms with Gasteiger partial charge in [-0.2, -0.15) is 0 Å². The number of rotatable bonds is 6. The van der Waals surface area contributed by atoms with Crippen molar-refractivity contribution in [1.29, 1.82) is 0 Å². The third kappa shape index (κ3) is 3.61. The van der Waals surface area contributed by atoms with Gasteiger partial charge in [0.25, 0.3) is 0 Å². The fourth-order valence-corrected chi connectivity index (χ4v) is 3.27. The molecule has 0 amide bonds. The van der Waals surface area contributed by atoms with Crippen LogP contribution in [0.4, 0.5) is 0 Å². The van der Waals surface area contributed by atoms with Gasteiger partial charge in [0.2, 0.25) is 0 Å². The van der Waals surface area contributed by atoms with Gasteiger partial charge in [0.1, 0.15) is 5.82 Å². The van der Waals surface area contributed by atoms with Crippen molar-refractivity contribution in [2.24, 2.45) is 0 Å². The largest absolute Gasteiger partial charge is 0.323 e. The molecule has 0 N–H and O–H groups in total. The second-order valence-corrected chi connectivity index (χ2v) is 6.99. The molecule has 3 nitrogen and oxygen atoms in total. The van der Waals surface area contributed by atoms with Crippen LogP contribution in [-0.2, 0) is 0 Å². The Hall–Kier alpha value is -0.580. The number of hydrogen-bond donors (Lipinski definition) is 0. The van der Waals surface area contributed by atoms with Crippen molar-refractivity contribution < 1.29 is 0 Å².